The monoisotopic (exact) mass is 475 g/mol. The normalized spacial score (nSPS) is 19.4. The number of hydrazine groups is 1. The number of para-hydroxylation sites is 1. The van der Waals surface area contributed by atoms with E-state index in [0.717, 1.165) is 21.8 Å². The molecule has 5 rings (SSSR count). The number of ether oxygens (including phenoxy) is 1. The van der Waals surface area contributed by atoms with Gasteiger partial charge in [-0.1, -0.05) is 54.1 Å². The lowest BCUT2D eigenvalue weighted by Gasteiger charge is -2.34. The minimum Gasteiger partial charge on any atom is -0.468 e. The molecular formula is C26H22ClN3O4. The van der Waals surface area contributed by atoms with Gasteiger partial charge in [0.2, 0.25) is 0 Å². The van der Waals surface area contributed by atoms with Gasteiger partial charge in [0, 0.05) is 22.7 Å². The highest BCUT2D eigenvalue weighted by Crippen LogP contribution is 2.45. The van der Waals surface area contributed by atoms with E-state index in [9.17, 15) is 14.4 Å². The molecule has 2 amide bonds. The molecule has 2 atom stereocenters. The first kappa shape index (κ1) is 22.1. The van der Waals surface area contributed by atoms with E-state index in [4.69, 9.17) is 16.3 Å². The SMILES string of the molecule is COC(=O)[C@H](CC1(c2ccc(Cl)cc2)CNc2ccccc21)NN1C(=O)c2ccccc2C1=O. The predicted molar refractivity (Wildman–Crippen MR) is 128 cm³/mol. The van der Waals surface area contributed by atoms with E-state index < -0.39 is 29.2 Å². The molecule has 0 bridgehead atoms. The van der Waals surface area contributed by atoms with Crippen LogP contribution in [0.15, 0.2) is 72.8 Å². The molecule has 0 saturated carbocycles. The summed E-state index contributed by atoms with van der Waals surface area (Å²) in [4.78, 5) is 38.8. The zero-order chi connectivity index (χ0) is 23.9. The lowest BCUT2D eigenvalue weighted by Crippen LogP contribution is -2.54. The fourth-order valence-corrected chi connectivity index (χ4v) is 4.98. The Labute approximate surface area is 201 Å². The number of anilines is 1. The van der Waals surface area contributed by atoms with E-state index in [-0.39, 0.29) is 6.42 Å². The van der Waals surface area contributed by atoms with Gasteiger partial charge in [0.25, 0.3) is 11.8 Å². The van der Waals surface area contributed by atoms with E-state index in [0.29, 0.717) is 22.7 Å². The smallest absolute Gasteiger partial charge is 0.324 e. The maximum Gasteiger partial charge on any atom is 0.324 e. The van der Waals surface area contributed by atoms with Gasteiger partial charge >= 0.3 is 5.97 Å². The van der Waals surface area contributed by atoms with Crippen molar-refractivity contribution in [1.82, 2.24) is 10.4 Å². The Balaban J connectivity index is 1.54. The molecule has 0 fully saturated rings. The summed E-state index contributed by atoms with van der Waals surface area (Å²) in [5.74, 6) is -1.57. The van der Waals surface area contributed by atoms with Crippen molar-refractivity contribution in [3.63, 3.8) is 0 Å². The Kier molecular flexibility index (Phi) is 5.59. The molecule has 1 unspecified atom stereocenters. The largest absolute Gasteiger partial charge is 0.468 e. The second-order valence-electron chi connectivity index (χ2n) is 8.39. The fraction of sp³-hybridized carbons (Fsp3) is 0.192. The number of carbonyl (C=O) groups is 3. The lowest BCUT2D eigenvalue weighted by atomic mass is 9.71. The van der Waals surface area contributed by atoms with E-state index in [1.165, 1.54) is 7.11 Å². The number of hydrogen-bond acceptors (Lipinski definition) is 6. The minimum absolute atomic E-state index is 0.235. The highest BCUT2D eigenvalue weighted by Gasteiger charge is 2.46. The van der Waals surface area contributed by atoms with Crippen LogP contribution in [0.1, 0.15) is 38.3 Å². The molecule has 172 valence electrons. The second-order valence-corrected chi connectivity index (χ2v) is 8.82. The van der Waals surface area contributed by atoms with Crippen molar-refractivity contribution >= 4 is 35.1 Å². The number of hydrogen-bond donors (Lipinski definition) is 2. The van der Waals surface area contributed by atoms with Crippen molar-refractivity contribution in [2.75, 3.05) is 19.0 Å². The molecule has 0 radical (unpaired) electrons. The maximum atomic E-state index is 12.9. The number of rotatable bonds is 6. The van der Waals surface area contributed by atoms with Gasteiger partial charge in [0.05, 0.1) is 18.2 Å². The molecule has 2 aliphatic heterocycles. The Morgan fingerprint density at radius 2 is 1.65 bits per heavy atom. The van der Waals surface area contributed by atoms with Gasteiger partial charge in [0.15, 0.2) is 0 Å². The van der Waals surface area contributed by atoms with Gasteiger partial charge in [-0.05, 0) is 47.9 Å². The van der Waals surface area contributed by atoms with E-state index in [2.05, 4.69) is 10.7 Å². The molecule has 7 nitrogen and oxygen atoms in total. The van der Waals surface area contributed by atoms with Crippen LogP contribution in [-0.4, -0.2) is 42.5 Å². The lowest BCUT2D eigenvalue weighted by molar-refractivity contribution is -0.144. The molecule has 0 saturated heterocycles. The van der Waals surface area contributed by atoms with E-state index in [1.54, 1.807) is 24.3 Å². The van der Waals surface area contributed by atoms with Crippen molar-refractivity contribution in [1.29, 1.82) is 0 Å². The Morgan fingerprint density at radius 1 is 1.03 bits per heavy atom. The quantitative estimate of drug-likeness (QED) is 0.416. The summed E-state index contributed by atoms with van der Waals surface area (Å²) in [6.07, 6.45) is 0.235. The Bertz CT molecular complexity index is 1260. The molecule has 2 aliphatic rings. The molecule has 0 spiro atoms. The summed E-state index contributed by atoms with van der Waals surface area (Å²) >= 11 is 6.15. The summed E-state index contributed by atoms with van der Waals surface area (Å²) in [7, 11) is 1.29. The number of carbonyl (C=O) groups excluding carboxylic acids is 3. The summed E-state index contributed by atoms with van der Waals surface area (Å²) in [6, 6.07) is 21.0. The van der Waals surface area contributed by atoms with Gasteiger partial charge in [0.1, 0.15) is 6.04 Å². The van der Waals surface area contributed by atoms with Gasteiger partial charge in [-0.3, -0.25) is 14.4 Å². The first-order valence-electron chi connectivity index (χ1n) is 10.9. The van der Waals surface area contributed by atoms with Crippen molar-refractivity contribution in [3.8, 4) is 0 Å². The van der Waals surface area contributed by atoms with Crippen molar-refractivity contribution in [3.05, 3.63) is 100 Å². The van der Waals surface area contributed by atoms with Crippen LogP contribution in [0.2, 0.25) is 5.02 Å². The molecule has 0 aromatic heterocycles. The van der Waals surface area contributed by atoms with Gasteiger partial charge in [-0.15, -0.1) is 0 Å². The van der Waals surface area contributed by atoms with Gasteiger partial charge in [-0.2, -0.15) is 0 Å². The molecule has 0 aliphatic carbocycles. The fourth-order valence-electron chi connectivity index (χ4n) is 4.86. The van der Waals surface area contributed by atoms with Crippen LogP contribution in [0.4, 0.5) is 5.69 Å². The van der Waals surface area contributed by atoms with Crippen LogP contribution in [0.5, 0.6) is 0 Å². The van der Waals surface area contributed by atoms with Crippen LogP contribution in [0, 0.1) is 0 Å². The van der Waals surface area contributed by atoms with Crippen molar-refractivity contribution in [2.45, 2.75) is 17.9 Å². The van der Waals surface area contributed by atoms with Gasteiger partial charge < -0.3 is 10.1 Å². The molecule has 3 aromatic rings. The summed E-state index contributed by atoms with van der Waals surface area (Å²) in [5.41, 5.74) is 5.76. The van der Waals surface area contributed by atoms with Crippen LogP contribution in [0.25, 0.3) is 0 Å². The Morgan fingerprint density at radius 3 is 2.29 bits per heavy atom. The number of imide groups is 1. The predicted octanol–water partition coefficient (Wildman–Crippen LogP) is 3.78. The van der Waals surface area contributed by atoms with Gasteiger partial charge in [-0.25, -0.2) is 10.4 Å². The molecule has 2 N–H and O–H groups in total. The molecule has 34 heavy (non-hydrogen) atoms. The average molecular weight is 476 g/mol. The number of benzene rings is 3. The third kappa shape index (κ3) is 3.54. The molecular weight excluding hydrogens is 454 g/mol. The van der Waals surface area contributed by atoms with Crippen LogP contribution in [0.3, 0.4) is 0 Å². The number of nitrogens with zero attached hydrogens (tertiary/aromatic N) is 1. The molecule has 8 heteroatoms. The summed E-state index contributed by atoms with van der Waals surface area (Å²) in [6.45, 7) is 0.519. The second kappa shape index (κ2) is 8.59. The molecule has 2 heterocycles. The number of esters is 1. The van der Waals surface area contributed by atoms with Crippen LogP contribution >= 0.6 is 11.6 Å². The third-order valence-electron chi connectivity index (χ3n) is 6.54. The van der Waals surface area contributed by atoms with Crippen molar-refractivity contribution in [2.24, 2.45) is 0 Å². The highest BCUT2D eigenvalue weighted by molar-refractivity contribution is 6.30. The van der Waals surface area contributed by atoms with Crippen LogP contribution < -0.4 is 10.7 Å². The zero-order valence-corrected chi connectivity index (χ0v) is 19.1. The first-order chi connectivity index (χ1) is 16.4. The summed E-state index contributed by atoms with van der Waals surface area (Å²) in [5, 5.41) is 4.95. The number of fused-ring (bicyclic) bond motifs is 2. The topological polar surface area (TPSA) is 87.7 Å². The average Bonchev–Trinajstić information content (AvgIpc) is 3.35. The third-order valence-corrected chi connectivity index (χ3v) is 6.79. The number of nitrogens with one attached hydrogen (secondary N) is 2. The number of methoxy groups -OCH3 is 1. The zero-order valence-electron chi connectivity index (χ0n) is 18.4. The molecule has 3 aromatic carbocycles. The highest BCUT2D eigenvalue weighted by atomic mass is 35.5. The number of halogens is 1. The Hall–Kier alpha value is -3.68. The standard InChI is InChI=1S/C26H22ClN3O4/c1-34-25(33)22(29-30-23(31)18-6-2-3-7-19(18)24(30)32)14-26(16-10-12-17(27)13-11-16)15-28-21-9-5-4-8-20(21)26/h2-13,22,28-29H,14-15H2,1H3/t22-,26?/m0/s1. The number of amides is 2. The van der Waals surface area contributed by atoms with E-state index in [1.807, 2.05) is 48.5 Å². The van der Waals surface area contributed by atoms with Crippen molar-refractivity contribution < 1.29 is 19.1 Å². The van der Waals surface area contributed by atoms with E-state index >= 15 is 0 Å². The summed E-state index contributed by atoms with van der Waals surface area (Å²) < 4.78 is 5.08. The first-order valence-corrected chi connectivity index (χ1v) is 11.2. The minimum atomic E-state index is -0.976. The van der Waals surface area contributed by atoms with Crippen LogP contribution in [-0.2, 0) is 14.9 Å². The maximum absolute atomic E-state index is 12.9.